The fourth-order valence-corrected chi connectivity index (χ4v) is 3.77. The highest BCUT2D eigenvalue weighted by Crippen LogP contribution is 2.30. The van der Waals surface area contributed by atoms with Gasteiger partial charge in [0.05, 0.1) is 0 Å². The van der Waals surface area contributed by atoms with Crippen LogP contribution in [0, 0.1) is 12.7 Å². The Morgan fingerprint density at radius 2 is 1.80 bits per heavy atom. The Balaban J connectivity index is 1.65. The fourth-order valence-electron chi connectivity index (χ4n) is 3.77. The Labute approximate surface area is 144 Å². The largest absolute Gasteiger partial charge is 0.340 e. The summed E-state index contributed by atoms with van der Waals surface area (Å²) in [7, 11) is 0. The first kappa shape index (κ1) is 16.1. The van der Waals surface area contributed by atoms with Gasteiger partial charge in [0, 0.05) is 47.9 Å². The summed E-state index contributed by atoms with van der Waals surface area (Å²) in [5, 5.41) is 1.94. The van der Waals surface area contributed by atoms with E-state index >= 15 is 0 Å². The van der Waals surface area contributed by atoms with Crippen LogP contribution in [0.5, 0.6) is 0 Å². The molecule has 1 fully saturated rings. The van der Waals surface area contributed by atoms with Crippen LogP contribution in [0.3, 0.4) is 0 Å². The molecule has 0 aliphatic carbocycles. The van der Waals surface area contributed by atoms with E-state index in [9.17, 15) is 13.6 Å². The first-order valence-electron chi connectivity index (χ1n) is 8.65. The van der Waals surface area contributed by atoms with E-state index in [2.05, 4.69) is 16.7 Å². The van der Waals surface area contributed by atoms with Crippen molar-refractivity contribution in [2.24, 2.45) is 0 Å². The van der Waals surface area contributed by atoms with Gasteiger partial charge in [0.1, 0.15) is 5.82 Å². The minimum atomic E-state index is -1.33. The molecule has 3 nitrogen and oxygen atoms in total. The second kappa shape index (κ2) is 6.14. The summed E-state index contributed by atoms with van der Waals surface area (Å²) >= 11 is 0. The number of likely N-dealkylation sites (tertiary alicyclic amines) is 1. The zero-order valence-corrected chi connectivity index (χ0v) is 14.1. The van der Waals surface area contributed by atoms with Crippen molar-refractivity contribution < 1.29 is 13.6 Å². The van der Waals surface area contributed by atoms with Crippen molar-refractivity contribution in [2.75, 3.05) is 13.1 Å². The minimum Gasteiger partial charge on any atom is -0.340 e. The quantitative estimate of drug-likeness (QED) is 0.697. The molecule has 0 N–H and O–H groups in total. The molecular formula is C20H20F2N2O. The van der Waals surface area contributed by atoms with Gasteiger partial charge >= 0.3 is 0 Å². The maximum Gasteiger partial charge on any atom is 0.257 e. The van der Waals surface area contributed by atoms with Gasteiger partial charge in [0.25, 0.3) is 5.91 Å². The smallest absolute Gasteiger partial charge is 0.257 e. The zero-order chi connectivity index (χ0) is 17.6. The minimum absolute atomic E-state index is 0.246. The molecule has 130 valence electrons. The van der Waals surface area contributed by atoms with Crippen LogP contribution in [0.1, 0.15) is 18.4 Å². The second-order valence-corrected chi connectivity index (χ2v) is 6.77. The highest BCUT2D eigenvalue weighted by molar-refractivity contribution is 6.08. The Hall–Kier alpha value is -2.43. The second-order valence-electron chi connectivity index (χ2n) is 6.77. The van der Waals surface area contributed by atoms with Crippen LogP contribution in [-0.2, 0) is 11.3 Å². The van der Waals surface area contributed by atoms with Gasteiger partial charge in [-0.3, -0.25) is 4.79 Å². The van der Waals surface area contributed by atoms with Gasteiger partial charge in [-0.1, -0.05) is 11.6 Å². The van der Waals surface area contributed by atoms with Crippen LogP contribution in [0.25, 0.3) is 21.8 Å². The number of carbonyl (C=O) groups excluding carboxylic acids is 1. The van der Waals surface area contributed by atoms with E-state index in [4.69, 9.17) is 0 Å². The number of alkyl halides is 1. The van der Waals surface area contributed by atoms with Crippen molar-refractivity contribution in [1.82, 2.24) is 9.47 Å². The maximum absolute atomic E-state index is 13.7. The lowest BCUT2D eigenvalue weighted by Crippen LogP contribution is -2.29. The lowest BCUT2D eigenvalue weighted by molar-refractivity contribution is -0.131. The van der Waals surface area contributed by atoms with E-state index in [1.54, 1.807) is 17.0 Å². The number of hydrogen-bond donors (Lipinski definition) is 0. The van der Waals surface area contributed by atoms with E-state index in [-0.39, 0.29) is 11.7 Å². The third-order valence-corrected chi connectivity index (χ3v) is 5.02. The number of nitrogens with zero attached hydrogens (tertiary/aromatic N) is 2. The van der Waals surface area contributed by atoms with Crippen LogP contribution in [0.15, 0.2) is 36.4 Å². The number of amides is 1. The predicted molar refractivity (Wildman–Crippen MR) is 94.8 cm³/mol. The monoisotopic (exact) mass is 342 g/mol. The molecule has 2 heterocycles. The maximum atomic E-state index is 13.7. The van der Waals surface area contributed by atoms with Crippen LogP contribution in [-0.4, -0.2) is 34.6 Å². The Kier molecular flexibility index (Phi) is 3.94. The standard InChI is InChI=1S/C20H20F2N2O/c1-13-3-5-18-15(11-13)16-12-14(21)4-6-19(16)24(18)9-2-8-23-10-7-17(22)20(23)25/h3-6,11-12,17H,2,7-10H2,1H3. The van der Waals surface area contributed by atoms with Gasteiger partial charge in [0.2, 0.25) is 0 Å². The first-order valence-corrected chi connectivity index (χ1v) is 8.65. The Morgan fingerprint density at radius 3 is 2.52 bits per heavy atom. The van der Waals surface area contributed by atoms with Gasteiger partial charge in [0.15, 0.2) is 6.17 Å². The normalized spacial score (nSPS) is 18.0. The summed E-state index contributed by atoms with van der Waals surface area (Å²) in [5.74, 6) is -0.635. The van der Waals surface area contributed by atoms with Crippen molar-refractivity contribution in [3.05, 3.63) is 47.8 Å². The summed E-state index contributed by atoms with van der Waals surface area (Å²) in [6, 6.07) is 11.0. The van der Waals surface area contributed by atoms with Gasteiger partial charge < -0.3 is 9.47 Å². The molecule has 1 aromatic heterocycles. The summed E-state index contributed by atoms with van der Waals surface area (Å²) in [4.78, 5) is 13.3. The number of halogens is 2. The average molecular weight is 342 g/mol. The molecule has 0 saturated carbocycles. The molecule has 1 unspecified atom stereocenters. The van der Waals surface area contributed by atoms with Crippen LogP contribution >= 0.6 is 0 Å². The van der Waals surface area contributed by atoms with Crippen molar-refractivity contribution >= 4 is 27.7 Å². The molecule has 0 spiro atoms. The zero-order valence-electron chi connectivity index (χ0n) is 14.1. The van der Waals surface area contributed by atoms with Crippen LogP contribution in [0.4, 0.5) is 8.78 Å². The highest BCUT2D eigenvalue weighted by Gasteiger charge is 2.30. The molecule has 1 atom stereocenters. The Bertz CT molecular complexity index is 904. The van der Waals surface area contributed by atoms with Crippen LogP contribution in [0.2, 0.25) is 0 Å². The number of rotatable bonds is 4. The topological polar surface area (TPSA) is 25.2 Å². The fraction of sp³-hybridized carbons (Fsp3) is 0.350. The summed E-state index contributed by atoms with van der Waals surface area (Å²) in [6.07, 6.45) is -0.297. The summed E-state index contributed by atoms with van der Waals surface area (Å²) in [6.45, 7) is 3.77. The van der Waals surface area contributed by atoms with E-state index in [0.29, 0.717) is 26.1 Å². The van der Waals surface area contributed by atoms with E-state index < -0.39 is 6.17 Å². The predicted octanol–water partition coefficient (Wildman–Crippen LogP) is 4.20. The van der Waals surface area contributed by atoms with Crippen molar-refractivity contribution in [3.63, 3.8) is 0 Å². The average Bonchev–Trinajstić information content (AvgIpc) is 3.06. The number of fused-ring (bicyclic) bond motifs is 3. The number of carbonyl (C=O) groups is 1. The summed E-state index contributed by atoms with van der Waals surface area (Å²) in [5.41, 5.74) is 3.17. The lowest BCUT2D eigenvalue weighted by atomic mass is 10.1. The van der Waals surface area contributed by atoms with Crippen molar-refractivity contribution in [1.29, 1.82) is 0 Å². The lowest BCUT2D eigenvalue weighted by Gasteiger charge is -2.16. The molecule has 1 saturated heterocycles. The number of hydrogen-bond acceptors (Lipinski definition) is 1. The van der Waals surface area contributed by atoms with Gasteiger partial charge in [-0.15, -0.1) is 0 Å². The highest BCUT2D eigenvalue weighted by atomic mass is 19.1. The third kappa shape index (κ3) is 2.77. The van der Waals surface area contributed by atoms with E-state index in [1.807, 2.05) is 13.0 Å². The molecule has 5 heteroatoms. The van der Waals surface area contributed by atoms with E-state index in [0.717, 1.165) is 33.8 Å². The first-order chi connectivity index (χ1) is 12.0. The van der Waals surface area contributed by atoms with Crippen molar-refractivity contribution in [3.8, 4) is 0 Å². The van der Waals surface area contributed by atoms with Gasteiger partial charge in [-0.05, 0) is 43.7 Å². The number of aryl methyl sites for hydroxylation is 2. The van der Waals surface area contributed by atoms with Gasteiger partial charge in [-0.25, -0.2) is 8.78 Å². The SMILES string of the molecule is Cc1ccc2c(c1)c1cc(F)ccc1n2CCCN1CCC(F)C1=O. The van der Waals surface area contributed by atoms with Crippen LogP contribution < -0.4 is 0 Å². The molecule has 2 aromatic carbocycles. The Morgan fingerprint density at radius 1 is 1.08 bits per heavy atom. The molecule has 4 rings (SSSR count). The molecule has 1 aliphatic heterocycles. The van der Waals surface area contributed by atoms with Crippen molar-refractivity contribution in [2.45, 2.75) is 32.5 Å². The molecule has 0 bridgehead atoms. The number of aromatic nitrogens is 1. The third-order valence-electron chi connectivity index (χ3n) is 5.02. The molecule has 0 radical (unpaired) electrons. The van der Waals surface area contributed by atoms with E-state index in [1.165, 1.54) is 6.07 Å². The molecule has 1 aliphatic rings. The number of benzene rings is 2. The molecule has 1 amide bonds. The summed E-state index contributed by atoms with van der Waals surface area (Å²) < 4.78 is 29.2. The molecular weight excluding hydrogens is 322 g/mol. The molecule has 3 aromatic rings. The molecule has 25 heavy (non-hydrogen) atoms. The van der Waals surface area contributed by atoms with Gasteiger partial charge in [-0.2, -0.15) is 0 Å².